The minimum absolute atomic E-state index is 0.114. The van der Waals surface area contributed by atoms with Crippen LogP contribution in [0.25, 0.3) is 4.96 Å². The highest BCUT2D eigenvalue weighted by molar-refractivity contribution is 7.21. The van der Waals surface area contributed by atoms with E-state index in [9.17, 15) is 18.0 Å². The molecule has 0 aliphatic heterocycles. The molecule has 1 aliphatic carbocycles. The lowest BCUT2D eigenvalue weighted by Gasteiger charge is -2.05. The normalized spacial score (nSPS) is 19.4. The van der Waals surface area contributed by atoms with E-state index >= 15 is 0 Å². The van der Waals surface area contributed by atoms with Gasteiger partial charge in [-0.1, -0.05) is 34.5 Å². The number of hydrogen-bond acceptors (Lipinski definition) is 5. The van der Waals surface area contributed by atoms with Crippen molar-refractivity contribution in [2.45, 2.75) is 25.1 Å². The van der Waals surface area contributed by atoms with Gasteiger partial charge in [0, 0.05) is 18.1 Å². The molecule has 140 valence electrons. The molecule has 0 radical (unpaired) electrons. The molecule has 12 heteroatoms. The van der Waals surface area contributed by atoms with Gasteiger partial charge < -0.3 is 0 Å². The summed E-state index contributed by atoms with van der Waals surface area (Å²) in [6.07, 6.45) is -4.00. The standard InChI is InChI=1S/C15H8Cl2F3N5OS/c16-10-3-9(15(18,19)20)23-24(10)5-7-2-11(26)25-12(8-1-6(8)4-21)13(17)27-14(25)22-7/h2-3,6,8H,1,5H2/t6-,8-/m0/s1. The Morgan fingerprint density at radius 1 is 1.37 bits per heavy atom. The largest absolute Gasteiger partial charge is 0.435 e. The number of aromatic nitrogens is 4. The van der Waals surface area contributed by atoms with Crippen LogP contribution in [0.3, 0.4) is 0 Å². The molecule has 0 spiro atoms. The van der Waals surface area contributed by atoms with Gasteiger partial charge in [-0.3, -0.25) is 9.20 Å². The lowest BCUT2D eigenvalue weighted by molar-refractivity contribution is -0.141. The van der Waals surface area contributed by atoms with Gasteiger partial charge in [-0.15, -0.1) is 0 Å². The first-order valence-corrected chi connectivity index (χ1v) is 9.17. The number of thiazole rings is 1. The van der Waals surface area contributed by atoms with Crippen LogP contribution in [0.2, 0.25) is 9.49 Å². The zero-order valence-corrected chi connectivity index (χ0v) is 15.5. The maximum Gasteiger partial charge on any atom is 0.435 e. The second-order valence-electron chi connectivity index (χ2n) is 6.05. The lowest BCUT2D eigenvalue weighted by Crippen LogP contribution is -2.18. The van der Waals surface area contributed by atoms with Crippen molar-refractivity contribution in [3.63, 3.8) is 0 Å². The molecule has 27 heavy (non-hydrogen) atoms. The molecule has 3 heterocycles. The molecular formula is C15H8Cl2F3N5OS. The van der Waals surface area contributed by atoms with E-state index in [0.29, 0.717) is 27.5 Å². The van der Waals surface area contributed by atoms with Gasteiger partial charge in [-0.25, -0.2) is 9.67 Å². The second-order valence-corrected chi connectivity index (χ2v) is 8.02. The van der Waals surface area contributed by atoms with Crippen molar-refractivity contribution < 1.29 is 13.2 Å². The summed E-state index contributed by atoms with van der Waals surface area (Å²) in [6, 6.07) is 4.06. The fourth-order valence-corrected chi connectivity index (χ4v) is 4.43. The number of nitrogens with zero attached hydrogens (tertiary/aromatic N) is 5. The van der Waals surface area contributed by atoms with Gasteiger partial charge in [0.05, 0.1) is 29.9 Å². The average molecular weight is 434 g/mol. The van der Waals surface area contributed by atoms with Crippen LogP contribution in [0.5, 0.6) is 0 Å². The highest BCUT2D eigenvalue weighted by Crippen LogP contribution is 2.50. The first-order valence-electron chi connectivity index (χ1n) is 7.60. The summed E-state index contributed by atoms with van der Waals surface area (Å²) in [5.74, 6) is -0.299. The van der Waals surface area contributed by atoms with Crippen molar-refractivity contribution in [1.29, 1.82) is 5.26 Å². The van der Waals surface area contributed by atoms with Crippen LogP contribution in [0, 0.1) is 17.2 Å². The fourth-order valence-electron chi connectivity index (χ4n) is 2.85. The molecule has 1 saturated carbocycles. The van der Waals surface area contributed by atoms with Gasteiger partial charge in [-0.2, -0.15) is 23.5 Å². The SMILES string of the molecule is N#C[C@@H]1C[C@@H]1c1c(Cl)sc2nc(Cn3nc(C(F)(F)F)cc3Cl)cc(=O)n12. The zero-order chi connectivity index (χ0) is 19.5. The van der Waals surface area contributed by atoms with Crippen molar-refractivity contribution in [1.82, 2.24) is 19.2 Å². The quantitative estimate of drug-likeness (QED) is 0.626. The summed E-state index contributed by atoms with van der Waals surface area (Å²) in [6.45, 7) is -0.199. The Balaban J connectivity index is 1.72. The number of alkyl halides is 3. The molecular weight excluding hydrogens is 426 g/mol. The van der Waals surface area contributed by atoms with Crippen LogP contribution >= 0.6 is 34.5 Å². The van der Waals surface area contributed by atoms with E-state index in [0.717, 1.165) is 16.0 Å². The van der Waals surface area contributed by atoms with Gasteiger partial charge >= 0.3 is 6.18 Å². The minimum Gasteiger partial charge on any atom is -0.269 e. The lowest BCUT2D eigenvalue weighted by atomic mass is 10.2. The Kier molecular flexibility index (Phi) is 4.21. The van der Waals surface area contributed by atoms with E-state index in [4.69, 9.17) is 28.5 Å². The van der Waals surface area contributed by atoms with E-state index < -0.39 is 17.4 Å². The van der Waals surface area contributed by atoms with E-state index in [-0.39, 0.29) is 29.2 Å². The Hall–Kier alpha value is -2.09. The Labute approximate surface area is 163 Å². The summed E-state index contributed by atoms with van der Waals surface area (Å²) in [7, 11) is 0. The molecule has 0 saturated heterocycles. The van der Waals surface area contributed by atoms with Crippen molar-refractivity contribution in [3.8, 4) is 6.07 Å². The molecule has 2 atom stereocenters. The molecule has 1 aliphatic rings. The average Bonchev–Trinajstić information content (AvgIpc) is 3.13. The van der Waals surface area contributed by atoms with Crippen LogP contribution in [0.1, 0.15) is 29.4 Å². The van der Waals surface area contributed by atoms with E-state index in [1.165, 1.54) is 10.5 Å². The van der Waals surface area contributed by atoms with Crippen LogP contribution in [-0.4, -0.2) is 19.2 Å². The first-order chi connectivity index (χ1) is 12.7. The van der Waals surface area contributed by atoms with Gasteiger partial charge in [0.1, 0.15) is 9.49 Å². The second kappa shape index (κ2) is 6.22. The van der Waals surface area contributed by atoms with Crippen LogP contribution in [0.4, 0.5) is 13.2 Å². The number of hydrogen-bond donors (Lipinski definition) is 0. The summed E-state index contributed by atoms with van der Waals surface area (Å²) in [5, 5.41) is 12.2. The molecule has 0 unspecified atom stereocenters. The van der Waals surface area contributed by atoms with Crippen molar-refractivity contribution in [2.75, 3.05) is 0 Å². The highest BCUT2D eigenvalue weighted by Gasteiger charge is 2.42. The molecule has 0 aromatic carbocycles. The molecule has 0 bridgehead atoms. The van der Waals surface area contributed by atoms with E-state index in [1.54, 1.807) is 0 Å². The van der Waals surface area contributed by atoms with E-state index in [1.807, 2.05) is 0 Å². The molecule has 4 rings (SSSR count). The molecule has 1 fully saturated rings. The van der Waals surface area contributed by atoms with Crippen LogP contribution in [-0.2, 0) is 12.7 Å². The number of fused-ring (bicyclic) bond motifs is 1. The molecule has 3 aromatic heterocycles. The third-order valence-corrected chi connectivity index (χ3v) is 5.78. The van der Waals surface area contributed by atoms with Gasteiger partial charge in [-0.05, 0) is 6.42 Å². The topological polar surface area (TPSA) is 76.0 Å². The predicted molar refractivity (Wildman–Crippen MR) is 92.2 cm³/mol. The maximum atomic E-state index is 12.7. The molecule has 3 aromatic rings. The van der Waals surface area contributed by atoms with Crippen LogP contribution < -0.4 is 5.56 Å². The monoisotopic (exact) mass is 433 g/mol. The summed E-state index contributed by atoms with van der Waals surface area (Å²) < 4.78 is 40.9. The number of nitriles is 1. The Morgan fingerprint density at radius 2 is 2.11 bits per heavy atom. The van der Waals surface area contributed by atoms with Gasteiger partial charge in [0.2, 0.25) is 0 Å². The van der Waals surface area contributed by atoms with Crippen molar-refractivity contribution >= 4 is 39.5 Å². The summed E-state index contributed by atoms with van der Waals surface area (Å²) >= 11 is 13.1. The van der Waals surface area contributed by atoms with Gasteiger partial charge in [0.25, 0.3) is 5.56 Å². The maximum absolute atomic E-state index is 12.7. The third kappa shape index (κ3) is 3.20. The summed E-state index contributed by atoms with van der Waals surface area (Å²) in [5.41, 5.74) is -0.779. The van der Waals surface area contributed by atoms with Gasteiger partial charge in [0.15, 0.2) is 10.7 Å². The zero-order valence-electron chi connectivity index (χ0n) is 13.2. The molecule has 6 nitrogen and oxygen atoms in total. The Bertz CT molecular complexity index is 1160. The summed E-state index contributed by atoms with van der Waals surface area (Å²) in [4.78, 5) is 17.2. The molecule has 0 amide bonds. The number of rotatable bonds is 3. The first kappa shape index (κ1) is 18.3. The Morgan fingerprint density at radius 3 is 2.70 bits per heavy atom. The predicted octanol–water partition coefficient (Wildman–Crippen LogP) is 3.95. The van der Waals surface area contributed by atoms with E-state index in [2.05, 4.69) is 16.2 Å². The smallest absolute Gasteiger partial charge is 0.269 e. The van der Waals surface area contributed by atoms with Crippen molar-refractivity contribution in [2.24, 2.45) is 5.92 Å². The van der Waals surface area contributed by atoms with Crippen LogP contribution in [0.15, 0.2) is 16.9 Å². The fraction of sp³-hybridized carbons (Fsp3) is 0.333. The highest BCUT2D eigenvalue weighted by atomic mass is 35.5. The molecule has 0 N–H and O–H groups in total. The van der Waals surface area contributed by atoms with Crippen molar-refractivity contribution in [3.05, 3.63) is 49.1 Å². The third-order valence-electron chi connectivity index (χ3n) is 4.20. The minimum atomic E-state index is -4.62. The number of halogens is 5.